The van der Waals surface area contributed by atoms with E-state index in [0.717, 1.165) is 13.1 Å². The molecule has 108 valence electrons. The minimum Gasteiger partial charge on any atom is -0.343 e. The van der Waals surface area contributed by atoms with Crippen LogP contribution in [0.3, 0.4) is 0 Å². The second-order valence-electron chi connectivity index (χ2n) is 4.16. The van der Waals surface area contributed by atoms with E-state index in [4.69, 9.17) is 0 Å². The fourth-order valence-corrected chi connectivity index (χ4v) is 2.49. The summed E-state index contributed by atoms with van der Waals surface area (Å²) in [5.41, 5.74) is 0. The Kier molecular flexibility index (Phi) is 9.01. The van der Waals surface area contributed by atoms with Gasteiger partial charge in [-0.25, -0.2) is 8.42 Å². The number of carbonyl (C=O) groups excluding carboxylic acids is 1. The second kappa shape index (κ2) is 9.33. The van der Waals surface area contributed by atoms with Gasteiger partial charge in [0.25, 0.3) is 0 Å². The lowest BCUT2D eigenvalue weighted by Gasteiger charge is -2.18. The van der Waals surface area contributed by atoms with Gasteiger partial charge in [-0.2, -0.15) is 0 Å². The monoisotopic (exact) mass is 278 g/mol. The molecule has 0 rings (SSSR count). The summed E-state index contributed by atoms with van der Waals surface area (Å²) in [6, 6.07) is 0. The Hall–Kier alpha value is -0.620. The van der Waals surface area contributed by atoms with Crippen molar-refractivity contribution in [3.63, 3.8) is 0 Å². The third-order valence-electron chi connectivity index (χ3n) is 2.88. The zero-order valence-corrected chi connectivity index (χ0v) is 12.6. The van der Waals surface area contributed by atoms with Crippen LogP contribution in [-0.4, -0.2) is 56.9 Å². The second-order valence-corrected chi connectivity index (χ2v) is 6.63. The van der Waals surface area contributed by atoms with Crippen molar-refractivity contribution in [3.05, 3.63) is 0 Å². The summed E-state index contributed by atoms with van der Waals surface area (Å²) in [5.74, 6) is 0.571. The van der Waals surface area contributed by atoms with Crippen LogP contribution in [0.15, 0.2) is 0 Å². The standard InChI is InChI=1S/C12H26N2O3S/c1-4-14(5-2)12(15)8-10-13-9-7-11-18(16,17)6-3/h13H,4-11H2,1-3H3. The van der Waals surface area contributed by atoms with E-state index in [1.807, 2.05) is 13.8 Å². The van der Waals surface area contributed by atoms with Crippen molar-refractivity contribution in [2.75, 3.05) is 37.7 Å². The fourth-order valence-electron chi connectivity index (χ4n) is 1.62. The summed E-state index contributed by atoms with van der Waals surface area (Å²) < 4.78 is 22.4. The predicted molar refractivity (Wildman–Crippen MR) is 74.4 cm³/mol. The first-order valence-electron chi connectivity index (χ1n) is 6.65. The maximum absolute atomic E-state index is 11.6. The van der Waals surface area contributed by atoms with Gasteiger partial charge in [0.2, 0.25) is 5.91 Å². The number of rotatable bonds is 10. The van der Waals surface area contributed by atoms with Crippen molar-refractivity contribution >= 4 is 15.7 Å². The topological polar surface area (TPSA) is 66.5 Å². The van der Waals surface area contributed by atoms with Crippen LogP contribution in [0, 0.1) is 0 Å². The Bertz CT molecular complexity index is 324. The summed E-state index contributed by atoms with van der Waals surface area (Å²) in [6.07, 6.45) is 1.08. The van der Waals surface area contributed by atoms with E-state index in [-0.39, 0.29) is 17.4 Å². The molecule has 0 radical (unpaired) electrons. The molecule has 5 nitrogen and oxygen atoms in total. The van der Waals surface area contributed by atoms with E-state index in [1.54, 1.807) is 11.8 Å². The summed E-state index contributed by atoms with van der Waals surface area (Å²) in [7, 11) is -2.86. The lowest BCUT2D eigenvalue weighted by atomic mass is 10.3. The third kappa shape index (κ3) is 7.66. The molecule has 0 aliphatic heterocycles. The molecule has 0 spiro atoms. The van der Waals surface area contributed by atoms with E-state index < -0.39 is 9.84 Å². The van der Waals surface area contributed by atoms with Gasteiger partial charge in [-0.05, 0) is 26.8 Å². The first-order valence-corrected chi connectivity index (χ1v) is 8.47. The molecule has 0 fully saturated rings. The average Bonchev–Trinajstić information content (AvgIpc) is 2.35. The van der Waals surface area contributed by atoms with E-state index in [2.05, 4.69) is 5.32 Å². The highest BCUT2D eigenvalue weighted by Crippen LogP contribution is 1.94. The molecule has 1 N–H and O–H groups in total. The van der Waals surface area contributed by atoms with Gasteiger partial charge in [-0.15, -0.1) is 0 Å². The maximum atomic E-state index is 11.6. The first-order chi connectivity index (χ1) is 8.46. The highest BCUT2D eigenvalue weighted by Gasteiger charge is 2.09. The molecule has 0 saturated carbocycles. The highest BCUT2D eigenvalue weighted by atomic mass is 32.2. The molecule has 0 aromatic heterocycles. The quantitative estimate of drug-likeness (QED) is 0.596. The molecule has 0 heterocycles. The van der Waals surface area contributed by atoms with Crippen molar-refractivity contribution < 1.29 is 13.2 Å². The molecule has 0 aliphatic rings. The molecule has 6 heteroatoms. The zero-order valence-electron chi connectivity index (χ0n) is 11.7. The third-order valence-corrected chi connectivity index (χ3v) is 4.67. The number of nitrogens with one attached hydrogen (secondary N) is 1. The molecule has 18 heavy (non-hydrogen) atoms. The number of hydrogen-bond donors (Lipinski definition) is 1. The number of nitrogens with zero attached hydrogens (tertiary/aromatic N) is 1. The van der Waals surface area contributed by atoms with E-state index in [1.165, 1.54) is 0 Å². The van der Waals surface area contributed by atoms with E-state index in [9.17, 15) is 13.2 Å². The van der Waals surface area contributed by atoms with E-state index >= 15 is 0 Å². The Morgan fingerprint density at radius 1 is 1.11 bits per heavy atom. The average molecular weight is 278 g/mol. The molecule has 0 bridgehead atoms. The fraction of sp³-hybridized carbons (Fsp3) is 0.917. The maximum Gasteiger partial charge on any atom is 0.223 e. The molecule has 0 aromatic rings. The van der Waals surface area contributed by atoms with Gasteiger partial charge >= 0.3 is 0 Å². The number of amides is 1. The normalized spacial score (nSPS) is 11.5. The van der Waals surface area contributed by atoms with Crippen molar-refractivity contribution in [2.45, 2.75) is 33.6 Å². The van der Waals surface area contributed by atoms with Gasteiger partial charge < -0.3 is 10.2 Å². The predicted octanol–water partition coefficient (Wildman–Crippen LogP) is 0.659. The smallest absolute Gasteiger partial charge is 0.223 e. The highest BCUT2D eigenvalue weighted by molar-refractivity contribution is 7.91. The van der Waals surface area contributed by atoms with Crippen LogP contribution in [0.2, 0.25) is 0 Å². The first kappa shape index (κ1) is 17.4. The van der Waals surface area contributed by atoms with Gasteiger partial charge in [0, 0.05) is 31.8 Å². The van der Waals surface area contributed by atoms with Gasteiger partial charge in [0.15, 0.2) is 0 Å². The molecule has 0 unspecified atom stereocenters. The number of sulfone groups is 1. The molecular formula is C12H26N2O3S. The van der Waals surface area contributed by atoms with Crippen LogP contribution < -0.4 is 5.32 Å². The summed E-state index contributed by atoms with van der Waals surface area (Å²) in [5, 5.41) is 3.10. The van der Waals surface area contributed by atoms with Crippen LogP contribution in [0.4, 0.5) is 0 Å². The number of hydrogen-bond acceptors (Lipinski definition) is 4. The van der Waals surface area contributed by atoms with Crippen molar-refractivity contribution in [2.24, 2.45) is 0 Å². The van der Waals surface area contributed by atoms with Crippen molar-refractivity contribution in [1.82, 2.24) is 10.2 Å². The molecule has 0 aromatic carbocycles. The van der Waals surface area contributed by atoms with Gasteiger partial charge in [-0.1, -0.05) is 6.92 Å². The minimum atomic E-state index is -2.86. The van der Waals surface area contributed by atoms with Crippen LogP contribution in [0.5, 0.6) is 0 Å². The molecule has 1 amide bonds. The Morgan fingerprint density at radius 2 is 1.72 bits per heavy atom. The van der Waals surface area contributed by atoms with Crippen molar-refractivity contribution in [1.29, 1.82) is 0 Å². The van der Waals surface area contributed by atoms with Gasteiger partial charge in [-0.3, -0.25) is 4.79 Å². The SMILES string of the molecule is CCN(CC)C(=O)CCNCCCS(=O)(=O)CC. The van der Waals surface area contributed by atoms with Gasteiger partial charge in [0.05, 0.1) is 5.75 Å². The molecule has 0 atom stereocenters. The lowest BCUT2D eigenvalue weighted by Crippen LogP contribution is -2.33. The number of carbonyl (C=O) groups is 1. The Balaban J connectivity index is 3.60. The summed E-state index contributed by atoms with van der Waals surface area (Å²) in [6.45, 7) is 8.32. The zero-order chi connectivity index (χ0) is 14.0. The van der Waals surface area contributed by atoms with Crippen LogP contribution in [0.25, 0.3) is 0 Å². The lowest BCUT2D eigenvalue weighted by molar-refractivity contribution is -0.130. The van der Waals surface area contributed by atoms with Crippen LogP contribution >= 0.6 is 0 Å². The van der Waals surface area contributed by atoms with E-state index in [0.29, 0.717) is 25.9 Å². The molecule has 0 saturated heterocycles. The van der Waals surface area contributed by atoms with Crippen LogP contribution in [0.1, 0.15) is 33.6 Å². The molecular weight excluding hydrogens is 252 g/mol. The summed E-state index contributed by atoms with van der Waals surface area (Å²) >= 11 is 0. The minimum absolute atomic E-state index is 0.147. The van der Waals surface area contributed by atoms with Gasteiger partial charge in [0.1, 0.15) is 9.84 Å². The molecule has 0 aliphatic carbocycles. The van der Waals surface area contributed by atoms with Crippen LogP contribution in [-0.2, 0) is 14.6 Å². The summed E-state index contributed by atoms with van der Waals surface area (Å²) in [4.78, 5) is 13.4. The largest absolute Gasteiger partial charge is 0.343 e. The Labute approximate surface area is 111 Å². The van der Waals surface area contributed by atoms with Crippen molar-refractivity contribution in [3.8, 4) is 0 Å². The Morgan fingerprint density at radius 3 is 2.22 bits per heavy atom.